The minimum atomic E-state index is -0.816. The van der Waals surface area contributed by atoms with Gasteiger partial charge in [-0.2, -0.15) is 0 Å². The van der Waals surface area contributed by atoms with Crippen molar-refractivity contribution in [1.82, 2.24) is 14.5 Å². The van der Waals surface area contributed by atoms with Crippen LogP contribution < -0.4 is 9.77 Å². The Morgan fingerprint density at radius 3 is 2.51 bits per heavy atom. The van der Waals surface area contributed by atoms with Crippen LogP contribution in [-0.2, 0) is 30.4 Å². The second kappa shape index (κ2) is 11.2. The molecular weight excluding hydrogens is 568 g/mol. The minimum Gasteiger partial charge on any atom is -0.462 e. The Bertz CT molecular complexity index is 1560. The van der Waals surface area contributed by atoms with Crippen molar-refractivity contribution in [3.05, 3.63) is 74.5 Å². The van der Waals surface area contributed by atoms with Gasteiger partial charge in [0.25, 0.3) is 0 Å². The molecule has 1 aromatic carbocycles. The van der Waals surface area contributed by atoms with Crippen molar-refractivity contribution < 1.29 is 28.7 Å². The van der Waals surface area contributed by atoms with E-state index in [2.05, 4.69) is 4.98 Å². The number of benzene rings is 1. The van der Waals surface area contributed by atoms with Gasteiger partial charge in [0.2, 0.25) is 17.7 Å². The number of anilines is 1. The molecule has 2 aromatic heterocycles. The van der Waals surface area contributed by atoms with Crippen molar-refractivity contribution in [3.63, 3.8) is 0 Å². The highest BCUT2D eigenvalue weighted by molar-refractivity contribution is 8.00. The largest absolute Gasteiger partial charge is 0.462 e. The van der Waals surface area contributed by atoms with Crippen LogP contribution in [-0.4, -0.2) is 76.3 Å². The van der Waals surface area contributed by atoms with Gasteiger partial charge < -0.3 is 14.4 Å². The number of fused-ring (bicyclic) bond motifs is 2. The highest BCUT2D eigenvalue weighted by Gasteiger charge is 2.57. The lowest BCUT2D eigenvalue weighted by Gasteiger charge is -2.31. The number of thiazole rings is 1. The lowest BCUT2D eigenvalue weighted by molar-refractivity contribution is -0.136. The predicted octanol–water partition coefficient (Wildman–Crippen LogP) is 2.14. The molecule has 41 heavy (non-hydrogen) atoms. The van der Waals surface area contributed by atoms with Gasteiger partial charge in [0.05, 0.1) is 42.0 Å². The van der Waals surface area contributed by atoms with Crippen LogP contribution in [0.5, 0.6) is 0 Å². The van der Waals surface area contributed by atoms with Crippen LogP contribution in [0.3, 0.4) is 0 Å². The molecule has 0 N–H and O–H groups in total. The molecule has 5 heterocycles. The number of nitrogens with zero attached hydrogens (tertiary/aromatic N) is 4. The van der Waals surface area contributed by atoms with Gasteiger partial charge in [0.1, 0.15) is 11.8 Å². The monoisotopic (exact) mass is 594 g/mol. The summed E-state index contributed by atoms with van der Waals surface area (Å²) >= 11 is 2.16. The molecule has 6 rings (SSSR count). The Hall–Kier alpha value is -3.81. The fraction of sp³-hybridized carbons (Fsp3) is 0.357. The summed E-state index contributed by atoms with van der Waals surface area (Å²) in [4.78, 5) is 73.6. The molecule has 0 aliphatic carbocycles. The maximum absolute atomic E-state index is 14.0. The van der Waals surface area contributed by atoms with Gasteiger partial charge in [0, 0.05) is 36.3 Å². The van der Waals surface area contributed by atoms with Crippen LogP contribution in [0.2, 0.25) is 0 Å². The highest BCUT2D eigenvalue weighted by Crippen LogP contribution is 2.53. The molecule has 3 atom stereocenters. The van der Waals surface area contributed by atoms with Crippen LogP contribution >= 0.6 is 23.1 Å². The second-order valence-electron chi connectivity index (χ2n) is 9.72. The van der Waals surface area contributed by atoms with Crippen molar-refractivity contribution in [2.75, 3.05) is 37.8 Å². The number of aromatic nitrogens is 2. The average Bonchev–Trinajstić information content (AvgIpc) is 3.44. The standard InChI is InChI=1S/C28H26N4O7S2/c1-2-39-27(36)16-5-7-18(8-6-16)32-24(34)21-20(17-4-3-9-29-14-17)23-26(40-22(21)25(32)35)31(28(37)41-23)15-19(33)30-10-12-38-13-11-30/h3-9,14,20-22H,2,10-13,15H2,1H3/t20-,21?,22?/m0/s1. The van der Waals surface area contributed by atoms with E-state index in [0.29, 0.717) is 53.0 Å². The number of carbonyl (C=O) groups excluding carboxylic acids is 4. The SMILES string of the molecule is CCOC(=O)c1ccc(N2C(=O)C3Sc4c(sc(=O)n4CC(=O)N4CCOCC4)[C@@H](c4cccnc4)C3C2=O)cc1. The Morgan fingerprint density at radius 2 is 1.83 bits per heavy atom. The second-order valence-corrected chi connectivity index (χ2v) is 11.8. The van der Waals surface area contributed by atoms with E-state index in [1.54, 1.807) is 42.4 Å². The van der Waals surface area contributed by atoms with Crippen LogP contribution in [0.4, 0.5) is 5.69 Å². The number of rotatable bonds is 6. The van der Waals surface area contributed by atoms with Crippen LogP contribution in [0.15, 0.2) is 58.6 Å². The van der Waals surface area contributed by atoms with E-state index in [1.807, 2.05) is 6.07 Å². The summed E-state index contributed by atoms with van der Waals surface area (Å²) in [6, 6.07) is 9.73. The third kappa shape index (κ3) is 4.87. The van der Waals surface area contributed by atoms with E-state index in [-0.39, 0.29) is 23.9 Å². The van der Waals surface area contributed by atoms with E-state index in [0.717, 1.165) is 28.0 Å². The predicted molar refractivity (Wildman–Crippen MR) is 150 cm³/mol. The third-order valence-electron chi connectivity index (χ3n) is 7.39. The fourth-order valence-corrected chi connectivity index (χ4v) is 8.21. The van der Waals surface area contributed by atoms with Crippen molar-refractivity contribution in [3.8, 4) is 0 Å². The first-order valence-corrected chi connectivity index (χ1v) is 14.9. The molecule has 2 unspecified atom stereocenters. The van der Waals surface area contributed by atoms with E-state index < -0.39 is 34.9 Å². The molecule has 2 fully saturated rings. The lowest BCUT2D eigenvalue weighted by atomic mass is 9.84. The van der Waals surface area contributed by atoms with Crippen LogP contribution in [0, 0.1) is 5.92 Å². The summed E-state index contributed by atoms with van der Waals surface area (Å²) in [6.07, 6.45) is 3.26. The topological polar surface area (TPSA) is 128 Å². The molecule has 3 aliphatic rings. The van der Waals surface area contributed by atoms with Gasteiger partial charge in [-0.15, -0.1) is 0 Å². The molecule has 0 radical (unpaired) electrons. The summed E-state index contributed by atoms with van der Waals surface area (Å²) in [5.74, 6) is -2.88. The number of esters is 1. The number of pyridine rings is 1. The summed E-state index contributed by atoms with van der Waals surface area (Å²) in [7, 11) is 0. The number of hydrogen-bond donors (Lipinski definition) is 0. The van der Waals surface area contributed by atoms with E-state index in [1.165, 1.54) is 16.7 Å². The molecule has 11 nitrogen and oxygen atoms in total. The first kappa shape index (κ1) is 27.4. The maximum Gasteiger partial charge on any atom is 0.338 e. The third-order valence-corrected chi connectivity index (χ3v) is 9.99. The zero-order chi connectivity index (χ0) is 28.7. The molecule has 3 aliphatic heterocycles. The molecule has 13 heteroatoms. The summed E-state index contributed by atoms with van der Waals surface area (Å²) < 4.78 is 11.8. The van der Waals surface area contributed by atoms with Gasteiger partial charge >= 0.3 is 10.8 Å². The van der Waals surface area contributed by atoms with Crippen molar-refractivity contribution >= 4 is 52.5 Å². The van der Waals surface area contributed by atoms with Crippen molar-refractivity contribution in [2.24, 2.45) is 5.92 Å². The van der Waals surface area contributed by atoms with E-state index in [4.69, 9.17) is 9.47 Å². The number of ether oxygens (including phenoxy) is 2. The van der Waals surface area contributed by atoms with Gasteiger partial charge in [0.15, 0.2) is 0 Å². The first-order valence-electron chi connectivity index (χ1n) is 13.2. The Kier molecular flexibility index (Phi) is 7.49. The van der Waals surface area contributed by atoms with Crippen LogP contribution in [0.25, 0.3) is 0 Å². The zero-order valence-electron chi connectivity index (χ0n) is 22.1. The minimum absolute atomic E-state index is 0.157. The van der Waals surface area contributed by atoms with E-state index >= 15 is 0 Å². The molecule has 0 spiro atoms. The van der Waals surface area contributed by atoms with Crippen LogP contribution in [0.1, 0.15) is 33.6 Å². The van der Waals surface area contributed by atoms with Gasteiger partial charge in [-0.25, -0.2) is 9.69 Å². The Labute approximate surface area is 243 Å². The maximum atomic E-state index is 14.0. The number of amides is 3. The molecular formula is C28H26N4O7S2. The zero-order valence-corrected chi connectivity index (χ0v) is 23.7. The molecule has 0 bridgehead atoms. The number of morpholine rings is 1. The molecule has 0 saturated carbocycles. The molecule has 2 saturated heterocycles. The Morgan fingerprint density at radius 1 is 1.07 bits per heavy atom. The number of carbonyl (C=O) groups is 4. The fourth-order valence-electron chi connectivity index (χ4n) is 5.44. The Balaban J connectivity index is 1.37. The highest BCUT2D eigenvalue weighted by atomic mass is 32.2. The summed E-state index contributed by atoms with van der Waals surface area (Å²) in [5, 5.41) is -0.291. The molecule has 3 aromatic rings. The smallest absolute Gasteiger partial charge is 0.338 e. The molecule has 212 valence electrons. The molecule has 3 amide bonds. The summed E-state index contributed by atoms with van der Waals surface area (Å²) in [5.41, 5.74) is 1.36. The van der Waals surface area contributed by atoms with Gasteiger partial charge in [-0.05, 0) is 42.8 Å². The van der Waals surface area contributed by atoms with Crippen molar-refractivity contribution in [1.29, 1.82) is 0 Å². The summed E-state index contributed by atoms with van der Waals surface area (Å²) in [6.45, 7) is 3.57. The van der Waals surface area contributed by atoms with E-state index in [9.17, 15) is 24.0 Å². The quantitative estimate of drug-likeness (QED) is 0.311. The first-order chi connectivity index (χ1) is 19.9. The number of hydrogen-bond acceptors (Lipinski definition) is 10. The van der Waals surface area contributed by atoms with Gasteiger partial charge in [-0.3, -0.25) is 28.7 Å². The lowest BCUT2D eigenvalue weighted by Crippen LogP contribution is -2.43. The number of thioether (sulfide) groups is 1. The average molecular weight is 595 g/mol. The van der Waals surface area contributed by atoms with Gasteiger partial charge in [-0.1, -0.05) is 29.2 Å². The number of imide groups is 1. The van der Waals surface area contributed by atoms with Crippen molar-refractivity contribution in [2.45, 2.75) is 29.7 Å². The normalized spacial score (nSPS) is 21.9.